The summed E-state index contributed by atoms with van der Waals surface area (Å²) < 4.78 is 5.08. The fourth-order valence-corrected chi connectivity index (χ4v) is 3.74. The maximum atomic E-state index is 12.7. The van der Waals surface area contributed by atoms with Crippen LogP contribution in [0.1, 0.15) is 34.3 Å². The molecule has 27 heavy (non-hydrogen) atoms. The number of aryl methyl sites for hydroxylation is 1. The van der Waals surface area contributed by atoms with E-state index in [0.29, 0.717) is 27.8 Å². The van der Waals surface area contributed by atoms with Gasteiger partial charge in [0.1, 0.15) is 10.8 Å². The maximum Gasteiger partial charge on any atom is 0.254 e. The predicted molar refractivity (Wildman–Crippen MR) is 107 cm³/mol. The molecule has 7 heteroatoms. The van der Waals surface area contributed by atoms with Gasteiger partial charge in [-0.2, -0.15) is 0 Å². The van der Waals surface area contributed by atoms with Crippen molar-refractivity contribution in [3.8, 4) is 0 Å². The Morgan fingerprint density at radius 1 is 1.30 bits per heavy atom. The van der Waals surface area contributed by atoms with Crippen LogP contribution in [-0.4, -0.2) is 22.1 Å². The average Bonchev–Trinajstić information content (AvgIpc) is 3.07. The summed E-state index contributed by atoms with van der Waals surface area (Å²) in [5.74, 6) is 1.20. The van der Waals surface area contributed by atoms with Crippen LogP contribution in [0.15, 0.2) is 58.2 Å². The zero-order valence-corrected chi connectivity index (χ0v) is 16.7. The fraction of sp³-hybridized carbons (Fsp3) is 0.250. The Morgan fingerprint density at radius 2 is 2.11 bits per heavy atom. The Hall–Kier alpha value is -2.31. The number of halogens is 1. The van der Waals surface area contributed by atoms with Gasteiger partial charge in [0, 0.05) is 29.1 Å². The molecule has 3 aromatic rings. The first-order valence-electron chi connectivity index (χ1n) is 8.57. The lowest BCUT2D eigenvalue weighted by atomic mass is 10.1. The third-order valence-electron chi connectivity index (χ3n) is 3.91. The molecule has 0 aliphatic heterocycles. The minimum Gasteiger partial charge on any atom is -0.361 e. The number of pyridine rings is 1. The van der Waals surface area contributed by atoms with Crippen LogP contribution in [0, 0.1) is 6.92 Å². The van der Waals surface area contributed by atoms with E-state index in [1.807, 2.05) is 44.2 Å². The molecule has 1 N–H and O–H groups in total. The van der Waals surface area contributed by atoms with Crippen LogP contribution in [0.5, 0.6) is 0 Å². The van der Waals surface area contributed by atoms with Crippen molar-refractivity contribution < 1.29 is 9.32 Å². The van der Waals surface area contributed by atoms with Crippen LogP contribution < -0.4 is 5.32 Å². The molecule has 5 nitrogen and oxygen atoms in total. The molecule has 1 amide bonds. The maximum absolute atomic E-state index is 12.7. The fourth-order valence-electron chi connectivity index (χ4n) is 2.65. The van der Waals surface area contributed by atoms with E-state index in [2.05, 4.69) is 15.5 Å². The first kappa shape index (κ1) is 19.5. The predicted octanol–water partition coefficient (Wildman–Crippen LogP) is 4.68. The highest BCUT2D eigenvalue weighted by Crippen LogP contribution is 2.24. The molecule has 2 heterocycles. The van der Waals surface area contributed by atoms with E-state index >= 15 is 0 Å². The number of thioether (sulfide) groups is 1. The molecule has 0 bridgehead atoms. The highest BCUT2D eigenvalue weighted by Gasteiger charge is 2.16. The summed E-state index contributed by atoms with van der Waals surface area (Å²) in [6.07, 6.45) is 2.34. The first-order chi connectivity index (χ1) is 13.0. The number of nitrogens with zero attached hydrogens (tertiary/aromatic N) is 2. The Balaban J connectivity index is 1.64. The number of rotatable bonds is 7. The van der Waals surface area contributed by atoms with Gasteiger partial charge in [0.25, 0.3) is 5.91 Å². The van der Waals surface area contributed by atoms with Crippen molar-refractivity contribution in [1.82, 2.24) is 15.5 Å². The summed E-state index contributed by atoms with van der Waals surface area (Å²) in [6.45, 7) is 3.81. The minimum atomic E-state index is -0.151. The third kappa shape index (κ3) is 5.34. The third-order valence-corrected chi connectivity index (χ3v) is 5.32. The summed E-state index contributed by atoms with van der Waals surface area (Å²) in [5.41, 5.74) is 2.38. The molecule has 2 aromatic heterocycles. The van der Waals surface area contributed by atoms with Crippen LogP contribution in [0.2, 0.25) is 5.02 Å². The molecule has 0 saturated heterocycles. The van der Waals surface area contributed by atoms with Crippen molar-refractivity contribution in [1.29, 1.82) is 0 Å². The second-order valence-electron chi connectivity index (χ2n) is 6.24. The van der Waals surface area contributed by atoms with Gasteiger partial charge in [-0.1, -0.05) is 46.7 Å². The Kier molecular flexibility index (Phi) is 6.53. The SMILES string of the molecule is Cc1cc(CSc2ncccc2C(=O)N[C@@H](C)Cc2ccccc2Cl)no1. The zero-order valence-electron chi connectivity index (χ0n) is 15.1. The summed E-state index contributed by atoms with van der Waals surface area (Å²) in [5, 5.41) is 8.38. The van der Waals surface area contributed by atoms with Gasteiger partial charge in [-0.15, -0.1) is 0 Å². The topological polar surface area (TPSA) is 68.0 Å². The number of hydrogen-bond donors (Lipinski definition) is 1. The quantitative estimate of drug-likeness (QED) is 0.582. The van der Waals surface area contributed by atoms with Gasteiger partial charge < -0.3 is 9.84 Å². The Bertz CT molecular complexity index is 929. The number of benzene rings is 1. The van der Waals surface area contributed by atoms with Crippen LogP contribution in [-0.2, 0) is 12.2 Å². The van der Waals surface area contributed by atoms with Crippen molar-refractivity contribution in [2.75, 3.05) is 0 Å². The van der Waals surface area contributed by atoms with Gasteiger partial charge in [0.2, 0.25) is 0 Å². The van der Waals surface area contributed by atoms with Crippen LogP contribution in [0.25, 0.3) is 0 Å². The molecule has 3 rings (SSSR count). The molecule has 140 valence electrons. The number of carbonyl (C=O) groups excluding carboxylic acids is 1. The molecule has 0 spiro atoms. The van der Waals surface area contributed by atoms with Gasteiger partial charge in [0.05, 0.1) is 11.3 Å². The van der Waals surface area contributed by atoms with Gasteiger partial charge in [-0.3, -0.25) is 4.79 Å². The largest absolute Gasteiger partial charge is 0.361 e. The zero-order chi connectivity index (χ0) is 19.2. The molecule has 0 saturated carbocycles. The number of nitrogens with one attached hydrogen (secondary N) is 1. The Labute approximate surface area is 167 Å². The molecule has 1 atom stereocenters. The highest BCUT2D eigenvalue weighted by atomic mass is 35.5. The van der Waals surface area contributed by atoms with Crippen molar-refractivity contribution in [2.45, 2.75) is 37.1 Å². The standard InChI is InChI=1S/C20H20ClN3O2S/c1-13(10-15-6-3-4-8-18(15)21)23-19(25)17-7-5-9-22-20(17)27-12-16-11-14(2)26-24-16/h3-9,11,13H,10,12H2,1-2H3,(H,23,25)/t13-/m0/s1. The van der Waals surface area contributed by atoms with Crippen molar-refractivity contribution >= 4 is 29.3 Å². The monoisotopic (exact) mass is 401 g/mol. The average molecular weight is 402 g/mol. The molecule has 0 aliphatic rings. The number of amides is 1. The van der Waals surface area contributed by atoms with Gasteiger partial charge >= 0.3 is 0 Å². The summed E-state index contributed by atoms with van der Waals surface area (Å²) >= 11 is 7.67. The Morgan fingerprint density at radius 3 is 2.85 bits per heavy atom. The van der Waals surface area contributed by atoms with E-state index in [0.717, 1.165) is 17.0 Å². The summed E-state index contributed by atoms with van der Waals surface area (Å²) in [4.78, 5) is 17.1. The van der Waals surface area contributed by atoms with E-state index in [4.69, 9.17) is 16.1 Å². The minimum absolute atomic E-state index is 0.0614. The van der Waals surface area contributed by atoms with E-state index in [1.165, 1.54) is 11.8 Å². The molecule has 0 radical (unpaired) electrons. The number of carbonyl (C=O) groups is 1. The summed E-state index contributed by atoms with van der Waals surface area (Å²) in [6, 6.07) is 13.0. The normalized spacial score (nSPS) is 12.0. The van der Waals surface area contributed by atoms with Crippen LogP contribution in [0.3, 0.4) is 0 Å². The smallest absolute Gasteiger partial charge is 0.254 e. The van der Waals surface area contributed by atoms with E-state index in [9.17, 15) is 4.79 Å². The van der Waals surface area contributed by atoms with Crippen molar-refractivity contribution in [2.24, 2.45) is 0 Å². The molecule has 0 fully saturated rings. The van der Waals surface area contributed by atoms with Crippen molar-refractivity contribution in [3.63, 3.8) is 0 Å². The summed E-state index contributed by atoms with van der Waals surface area (Å²) in [7, 11) is 0. The lowest BCUT2D eigenvalue weighted by Crippen LogP contribution is -2.34. The van der Waals surface area contributed by atoms with Gasteiger partial charge in [-0.25, -0.2) is 4.98 Å². The molecule has 0 aliphatic carbocycles. The number of aromatic nitrogens is 2. The molecule has 1 aromatic carbocycles. The van der Waals surface area contributed by atoms with E-state index in [-0.39, 0.29) is 11.9 Å². The molecule has 0 unspecified atom stereocenters. The highest BCUT2D eigenvalue weighted by molar-refractivity contribution is 7.98. The van der Waals surface area contributed by atoms with Gasteiger partial charge in [-0.05, 0) is 44.0 Å². The lowest BCUT2D eigenvalue weighted by molar-refractivity contribution is 0.0936. The lowest BCUT2D eigenvalue weighted by Gasteiger charge is -2.16. The van der Waals surface area contributed by atoms with Gasteiger partial charge in [0.15, 0.2) is 0 Å². The van der Waals surface area contributed by atoms with Crippen LogP contribution >= 0.6 is 23.4 Å². The molecular formula is C20H20ClN3O2S. The van der Waals surface area contributed by atoms with E-state index in [1.54, 1.807) is 18.3 Å². The van der Waals surface area contributed by atoms with Crippen LogP contribution in [0.4, 0.5) is 0 Å². The van der Waals surface area contributed by atoms with Crippen molar-refractivity contribution in [3.05, 3.63) is 76.3 Å². The number of hydrogen-bond acceptors (Lipinski definition) is 5. The molecular weight excluding hydrogens is 382 g/mol. The van der Waals surface area contributed by atoms with E-state index < -0.39 is 0 Å². The second-order valence-corrected chi connectivity index (χ2v) is 7.61. The second kappa shape index (κ2) is 9.06. The first-order valence-corrected chi connectivity index (χ1v) is 9.93.